The van der Waals surface area contributed by atoms with Gasteiger partial charge in [-0.3, -0.25) is 0 Å². The molecule has 0 nitrogen and oxygen atoms in total. The van der Waals surface area contributed by atoms with Crippen LogP contribution in [0.2, 0.25) is 0 Å². The molecule has 2 atom stereocenters. The maximum atomic E-state index is 2.34. The predicted molar refractivity (Wildman–Crippen MR) is 106 cm³/mol. The average Bonchev–Trinajstić information content (AvgIpc) is 2.62. The van der Waals surface area contributed by atoms with Crippen molar-refractivity contribution in [2.75, 3.05) is 0 Å². The predicted octanol–water partition coefficient (Wildman–Crippen LogP) is 6.80. The van der Waals surface area contributed by atoms with Crippen LogP contribution in [0.5, 0.6) is 0 Å². The fourth-order valence-corrected chi connectivity index (χ4v) is 4.02. The Labute approximate surface area is 144 Å². The molecule has 2 aliphatic carbocycles. The Kier molecular flexibility index (Phi) is 3.98. The third kappa shape index (κ3) is 2.57. The maximum Gasteiger partial charge on any atom is -0.00331 e. The molecule has 0 N–H and O–H groups in total. The molecule has 0 heteroatoms. The van der Waals surface area contributed by atoms with Crippen molar-refractivity contribution < 1.29 is 0 Å². The van der Waals surface area contributed by atoms with Crippen LogP contribution in [0.4, 0.5) is 0 Å². The summed E-state index contributed by atoms with van der Waals surface area (Å²) in [5, 5.41) is 2.76. The first-order valence-electron chi connectivity index (χ1n) is 9.01. The minimum absolute atomic E-state index is 0.575. The second-order valence-corrected chi connectivity index (χ2v) is 7.08. The van der Waals surface area contributed by atoms with Crippen molar-refractivity contribution >= 4 is 21.9 Å². The summed E-state index contributed by atoms with van der Waals surface area (Å²) in [6, 6.07) is 13.5. The molecule has 0 radical (unpaired) electrons. The molecule has 2 unspecified atom stereocenters. The number of allylic oxidation sites excluding steroid dienone is 8. The van der Waals surface area contributed by atoms with E-state index in [1.807, 2.05) is 0 Å². The van der Waals surface area contributed by atoms with Gasteiger partial charge >= 0.3 is 0 Å². The zero-order valence-corrected chi connectivity index (χ0v) is 14.5. The molecule has 120 valence electrons. The van der Waals surface area contributed by atoms with Crippen LogP contribution >= 0.6 is 0 Å². The third-order valence-electron chi connectivity index (χ3n) is 5.39. The number of rotatable bonds is 2. The van der Waals surface area contributed by atoms with Crippen molar-refractivity contribution in [3.05, 3.63) is 84.0 Å². The Bertz CT molecular complexity index is 819. The van der Waals surface area contributed by atoms with Crippen LogP contribution in [-0.2, 0) is 0 Å². The van der Waals surface area contributed by atoms with Crippen molar-refractivity contribution in [3.63, 3.8) is 0 Å². The van der Waals surface area contributed by atoms with Gasteiger partial charge in [0.25, 0.3) is 0 Å². The fraction of sp³-hybridized carbons (Fsp3) is 0.250. The lowest BCUT2D eigenvalue weighted by Gasteiger charge is -2.23. The monoisotopic (exact) mass is 312 g/mol. The number of hydrogen-bond donors (Lipinski definition) is 0. The summed E-state index contributed by atoms with van der Waals surface area (Å²) in [5.74, 6) is 1.15. The van der Waals surface area contributed by atoms with Gasteiger partial charge in [-0.15, -0.1) is 0 Å². The number of fused-ring (bicyclic) bond motifs is 1. The Morgan fingerprint density at radius 2 is 1.21 bits per heavy atom. The van der Waals surface area contributed by atoms with Gasteiger partial charge in [0.15, 0.2) is 0 Å². The summed E-state index contributed by atoms with van der Waals surface area (Å²) >= 11 is 0. The summed E-state index contributed by atoms with van der Waals surface area (Å²) in [4.78, 5) is 0. The van der Waals surface area contributed by atoms with Gasteiger partial charge in [-0.05, 0) is 57.7 Å². The summed E-state index contributed by atoms with van der Waals surface area (Å²) in [6.07, 6.45) is 15.8. The highest BCUT2D eigenvalue weighted by Gasteiger charge is 2.19. The van der Waals surface area contributed by atoms with E-state index in [1.165, 1.54) is 33.0 Å². The van der Waals surface area contributed by atoms with E-state index in [1.54, 1.807) is 0 Å². The van der Waals surface area contributed by atoms with Crippen LogP contribution in [0.3, 0.4) is 0 Å². The second kappa shape index (κ2) is 6.28. The van der Waals surface area contributed by atoms with Crippen LogP contribution < -0.4 is 0 Å². The smallest absolute Gasteiger partial charge is 0.00331 e. The molecule has 0 bridgehead atoms. The van der Waals surface area contributed by atoms with Crippen molar-refractivity contribution in [2.45, 2.75) is 26.7 Å². The lowest BCUT2D eigenvalue weighted by atomic mass is 9.81. The molecule has 0 saturated carbocycles. The van der Waals surface area contributed by atoms with Crippen LogP contribution in [0.25, 0.3) is 21.9 Å². The summed E-state index contributed by atoms with van der Waals surface area (Å²) < 4.78 is 0. The molecule has 2 aromatic rings. The van der Waals surface area contributed by atoms with E-state index in [-0.39, 0.29) is 0 Å². The van der Waals surface area contributed by atoms with E-state index in [9.17, 15) is 0 Å². The molecule has 0 saturated heterocycles. The van der Waals surface area contributed by atoms with Gasteiger partial charge in [0, 0.05) is 0 Å². The second-order valence-electron chi connectivity index (χ2n) is 7.08. The Balaban J connectivity index is 1.99. The van der Waals surface area contributed by atoms with Crippen molar-refractivity contribution in [1.29, 1.82) is 0 Å². The zero-order chi connectivity index (χ0) is 16.5. The highest BCUT2D eigenvalue weighted by atomic mass is 14.2. The van der Waals surface area contributed by atoms with E-state index in [0.717, 1.165) is 12.8 Å². The van der Waals surface area contributed by atoms with Crippen molar-refractivity contribution in [2.24, 2.45) is 11.8 Å². The Morgan fingerprint density at radius 1 is 0.708 bits per heavy atom. The van der Waals surface area contributed by atoms with E-state index < -0.39 is 0 Å². The molecule has 0 fully saturated rings. The maximum absolute atomic E-state index is 2.34. The van der Waals surface area contributed by atoms with Crippen LogP contribution in [0, 0.1) is 11.8 Å². The van der Waals surface area contributed by atoms with Gasteiger partial charge in [-0.1, -0.05) is 86.7 Å². The van der Waals surface area contributed by atoms with Crippen LogP contribution in [0.1, 0.15) is 37.8 Å². The van der Waals surface area contributed by atoms with Gasteiger partial charge in [-0.25, -0.2) is 0 Å². The lowest BCUT2D eigenvalue weighted by molar-refractivity contribution is 0.757. The molecule has 24 heavy (non-hydrogen) atoms. The quantitative estimate of drug-likeness (QED) is 0.572. The topological polar surface area (TPSA) is 0 Å². The molecule has 2 aliphatic rings. The Hall–Kier alpha value is -2.34. The molecule has 2 aromatic carbocycles. The van der Waals surface area contributed by atoms with E-state index in [0.29, 0.717) is 11.8 Å². The third-order valence-corrected chi connectivity index (χ3v) is 5.39. The van der Waals surface area contributed by atoms with Gasteiger partial charge in [0.1, 0.15) is 0 Å². The van der Waals surface area contributed by atoms with Gasteiger partial charge in [0.05, 0.1) is 0 Å². The highest BCUT2D eigenvalue weighted by molar-refractivity contribution is 6.02. The van der Waals surface area contributed by atoms with Gasteiger partial charge in [-0.2, -0.15) is 0 Å². The lowest BCUT2D eigenvalue weighted by Crippen LogP contribution is -2.05. The van der Waals surface area contributed by atoms with E-state index in [2.05, 4.69) is 86.7 Å². The minimum atomic E-state index is 0.575. The standard InChI is InChI=1S/C24H24/c1-17-9-3-5-13-20(17)22-15-7-11-19-12-8-16-23(24(19)22)21-14-6-4-10-18(21)2/h3-8,11-18H,9-10H2,1-2H3. The number of hydrogen-bond acceptors (Lipinski definition) is 0. The summed E-state index contributed by atoms with van der Waals surface area (Å²) in [5.41, 5.74) is 5.75. The molecular formula is C24H24. The summed E-state index contributed by atoms with van der Waals surface area (Å²) in [6.45, 7) is 4.67. The molecule has 0 aliphatic heterocycles. The fourth-order valence-electron chi connectivity index (χ4n) is 4.02. The van der Waals surface area contributed by atoms with Crippen molar-refractivity contribution in [3.8, 4) is 0 Å². The van der Waals surface area contributed by atoms with Gasteiger partial charge < -0.3 is 0 Å². The van der Waals surface area contributed by atoms with Crippen LogP contribution in [0.15, 0.2) is 72.9 Å². The molecule has 0 heterocycles. The molecule has 4 rings (SSSR count). The van der Waals surface area contributed by atoms with Crippen molar-refractivity contribution in [1.82, 2.24) is 0 Å². The first-order valence-corrected chi connectivity index (χ1v) is 9.01. The Morgan fingerprint density at radius 3 is 1.67 bits per heavy atom. The molecule has 0 aromatic heterocycles. The highest BCUT2D eigenvalue weighted by Crippen LogP contribution is 2.39. The molecule has 0 spiro atoms. The minimum Gasteiger partial charge on any atom is -0.0839 e. The average molecular weight is 312 g/mol. The summed E-state index contributed by atoms with van der Waals surface area (Å²) in [7, 11) is 0. The van der Waals surface area contributed by atoms with Gasteiger partial charge in [0.2, 0.25) is 0 Å². The zero-order valence-electron chi connectivity index (χ0n) is 14.5. The normalized spacial score (nSPS) is 23.2. The number of benzene rings is 2. The largest absolute Gasteiger partial charge is 0.0839 e. The van der Waals surface area contributed by atoms with Crippen LogP contribution in [-0.4, -0.2) is 0 Å². The SMILES string of the molecule is CC1CC=CC=C1c1cccc2cccc(C3=CC=CCC3C)c12. The first kappa shape index (κ1) is 15.2. The van der Waals surface area contributed by atoms with E-state index in [4.69, 9.17) is 0 Å². The molecule has 0 amide bonds. The molecular weight excluding hydrogens is 288 g/mol. The first-order chi connectivity index (χ1) is 11.8. The van der Waals surface area contributed by atoms with E-state index >= 15 is 0 Å².